The summed E-state index contributed by atoms with van der Waals surface area (Å²) in [5.41, 5.74) is 1.33. The SMILES string of the molecule is CCCCOc1cccc(C(O)=C2C(=O)C(=O)N(CCCN3CCOCC3)C2c2cccc(Br)c2)c1. The first kappa shape index (κ1) is 26.4. The van der Waals surface area contributed by atoms with Crippen LogP contribution in [-0.2, 0) is 14.3 Å². The van der Waals surface area contributed by atoms with Gasteiger partial charge in [-0.3, -0.25) is 14.5 Å². The highest BCUT2D eigenvalue weighted by Gasteiger charge is 2.45. The summed E-state index contributed by atoms with van der Waals surface area (Å²) in [5, 5.41) is 11.3. The van der Waals surface area contributed by atoms with E-state index in [0.29, 0.717) is 37.7 Å². The van der Waals surface area contributed by atoms with E-state index in [2.05, 4.69) is 27.8 Å². The molecule has 2 heterocycles. The van der Waals surface area contributed by atoms with Gasteiger partial charge in [-0.25, -0.2) is 0 Å². The summed E-state index contributed by atoms with van der Waals surface area (Å²) in [7, 11) is 0. The van der Waals surface area contributed by atoms with Gasteiger partial charge in [-0.15, -0.1) is 0 Å². The number of unbranched alkanes of at least 4 members (excludes halogenated alkanes) is 1. The molecule has 0 spiro atoms. The molecule has 0 bridgehead atoms. The Morgan fingerprint density at radius 3 is 2.61 bits per heavy atom. The number of likely N-dealkylation sites (tertiary alicyclic amines) is 1. The smallest absolute Gasteiger partial charge is 0.295 e. The number of benzene rings is 2. The van der Waals surface area contributed by atoms with Crippen LogP contribution in [0.5, 0.6) is 5.75 Å². The zero-order valence-corrected chi connectivity index (χ0v) is 22.2. The molecule has 0 saturated carbocycles. The van der Waals surface area contributed by atoms with Crippen LogP contribution in [0.15, 0.2) is 58.6 Å². The highest BCUT2D eigenvalue weighted by Crippen LogP contribution is 2.40. The third-order valence-electron chi connectivity index (χ3n) is 6.56. The maximum Gasteiger partial charge on any atom is 0.295 e. The van der Waals surface area contributed by atoms with E-state index in [1.807, 2.05) is 30.3 Å². The Labute approximate surface area is 220 Å². The van der Waals surface area contributed by atoms with E-state index in [-0.39, 0.29) is 11.3 Å². The summed E-state index contributed by atoms with van der Waals surface area (Å²) >= 11 is 3.50. The molecule has 2 aromatic carbocycles. The van der Waals surface area contributed by atoms with Gasteiger partial charge in [0.2, 0.25) is 0 Å². The molecule has 2 fully saturated rings. The van der Waals surface area contributed by atoms with E-state index in [9.17, 15) is 14.7 Å². The van der Waals surface area contributed by atoms with E-state index in [0.717, 1.165) is 48.9 Å². The highest BCUT2D eigenvalue weighted by molar-refractivity contribution is 9.10. The molecule has 1 N–H and O–H groups in total. The number of carbonyl (C=O) groups is 2. The van der Waals surface area contributed by atoms with E-state index < -0.39 is 17.7 Å². The van der Waals surface area contributed by atoms with Crippen LogP contribution in [0.25, 0.3) is 5.76 Å². The Balaban J connectivity index is 1.64. The van der Waals surface area contributed by atoms with Crippen molar-refractivity contribution in [2.24, 2.45) is 0 Å². The fourth-order valence-electron chi connectivity index (χ4n) is 4.65. The molecular formula is C28H33BrN2O5. The predicted molar refractivity (Wildman–Crippen MR) is 142 cm³/mol. The van der Waals surface area contributed by atoms with Crippen LogP contribution in [0.1, 0.15) is 43.4 Å². The molecule has 36 heavy (non-hydrogen) atoms. The quantitative estimate of drug-likeness (QED) is 0.196. The van der Waals surface area contributed by atoms with Crippen molar-refractivity contribution in [3.8, 4) is 5.75 Å². The predicted octanol–water partition coefficient (Wildman–Crippen LogP) is 4.77. The summed E-state index contributed by atoms with van der Waals surface area (Å²) < 4.78 is 12.0. The summed E-state index contributed by atoms with van der Waals surface area (Å²) in [6.45, 7) is 7.05. The van der Waals surface area contributed by atoms with Crippen molar-refractivity contribution in [1.82, 2.24) is 9.80 Å². The summed E-state index contributed by atoms with van der Waals surface area (Å²) in [4.78, 5) is 30.4. The molecule has 192 valence electrons. The number of hydrogen-bond acceptors (Lipinski definition) is 6. The van der Waals surface area contributed by atoms with E-state index >= 15 is 0 Å². The number of hydrogen-bond donors (Lipinski definition) is 1. The molecule has 0 aromatic heterocycles. The van der Waals surface area contributed by atoms with Gasteiger partial charge in [-0.1, -0.05) is 53.5 Å². The number of aliphatic hydroxyl groups is 1. The largest absolute Gasteiger partial charge is 0.507 e. The van der Waals surface area contributed by atoms with Gasteiger partial charge in [0.15, 0.2) is 0 Å². The molecule has 2 aliphatic heterocycles. The number of aliphatic hydroxyl groups excluding tert-OH is 1. The third-order valence-corrected chi connectivity index (χ3v) is 7.05. The molecule has 4 rings (SSSR count). The van der Waals surface area contributed by atoms with Crippen LogP contribution in [-0.4, -0.2) is 72.6 Å². The van der Waals surface area contributed by atoms with Crippen LogP contribution in [0.2, 0.25) is 0 Å². The van der Waals surface area contributed by atoms with Crippen molar-refractivity contribution in [2.45, 2.75) is 32.2 Å². The van der Waals surface area contributed by atoms with Gasteiger partial charge in [0.25, 0.3) is 11.7 Å². The lowest BCUT2D eigenvalue weighted by molar-refractivity contribution is -0.140. The molecule has 7 nitrogen and oxygen atoms in total. The van der Waals surface area contributed by atoms with Crippen molar-refractivity contribution in [2.75, 3.05) is 46.0 Å². The van der Waals surface area contributed by atoms with Crippen molar-refractivity contribution < 1.29 is 24.2 Å². The monoisotopic (exact) mass is 556 g/mol. The Kier molecular flexibility index (Phi) is 9.18. The van der Waals surface area contributed by atoms with Crippen molar-refractivity contribution >= 4 is 33.4 Å². The van der Waals surface area contributed by atoms with E-state index in [4.69, 9.17) is 9.47 Å². The Morgan fingerprint density at radius 2 is 1.86 bits per heavy atom. The first-order valence-electron chi connectivity index (χ1n) is 12.6. The maximum atomic E-state index is 13.3. The number of amides is 1. The zero-order valence-electron chi connectivity index (χ0n) is 20.6. The van der Waals surface area contributed by atoms with Crippen molar-refractivity contribution in [3.05, 3.63) is 69.7 Å². The molecular weight excluding hydrogens is 524 g/mol. The van der Waals surface area contributed by atoms with Gasteiger partial charge < -0.3 is 19.5 Å². The maximum absolute atomic E-state index is 13.3. The second-order valence-corrected chi connectivity index (χ2v) is 10.0. The zero-order chi connectivity index (χ0) is 25.5. The molecule has 2 aromatic rings. The molecule has 2 saturated heterocycles. The van der Waals surface area contributed by atoms with Gasteiger partial charge >= 0.3 is 0 Å². The fraction of sp³-hybridized carbons (Fsp3) is 0.429. The minimum absolute atomic E-state index is 0.107. The van der Waals surface area contributed by atoms with E-state index in [1.165, 1.54) is 0 Å². The number of rotatable bonds is 10. The minimum atomic E-state index is -0.670. The van der Waals surface area contributed by atoms with E-state index in [1.54, 1.807) is 23.1 Å². The number of halogens is 1. The number of morpholine rings is 1. The number of ketones is 1. The Bertz CT molecular complexity index is 1110. The molecule has 0 radical (unpaired) electrons. The first-order chi connectivity index (χ1) is 17.5. The van der Waals surface area contributed by atoms with Crippen LogP contribution in [0.4, 0.5) is 0 Å². The fourth-order valence-corrected chi connectivity index (χ4v) is 5.06. The average molecular weight is 557 g/mol. The molecule has 1 amide bonds. The second kappa shape index (κ2) is 12.5. The van der Waals surface area contributed by atoms with Gasteiger partial charge in [0.1, 0.15) is 11.5 Å². The number of nitrogens with zero attached hydrogens (tertiary/aromatic N) is 2. The van der Waals surface area contributed by atoms with Crippen LogP contribution in [0.3, 0.4) is 0 Å². The summed E-state index contributed by atoms with van der Waals surface area (Å²) in [5.74, 6) is -0.818. The minimum Gasteiger partial charge on any atom is -0.507 e. The first-order valence-corrected chi connectivity index (χ1v) is 13.4. The number of Topliss-reactive ketones (excluding diaryl/α,β-unsaturated/α-hetero) is 1. The molecule has 1 atom stereocenters. The van der Waals surface area contributed by atoms with Gasteiger partial charge in [-0.2, -0.15) is 0 Å². The average Bonchev–Trinajstić information content (AvgIpc) is 3.14. The summed E-state index contributed by atoms with van der Waals surface area (Å²) in [6.07, 6.45) is 2.66. The normalized spacial score (nSPS) is 20.2. The topological polar surface area (TPSA) is 79.3 Å². The summed E-state index contributed by atoms with van der Waals surface area (Å²) in [6, 6.07) is 13.9. The second-order valence-electron chi connectivity index (χ2n) is 9.08. The molecule has 1 unspecified atom stereocenters. The third kappa shape index (κ3) is 6.17. The molecule has 2 aliphatic rings. The lowest BCUT2D eigenvalue weighted by atomic mass is 9.95. The highest BCUT2D eigenvalue weighted by atomic mass is 79.9. The van der Waals surface area contributed by atoms with Gasteiger partial charge in [0.05, 0.1) is 31.4 Å². The van der Waals surface area contributed by atoms with Crippen LogP contribution < -0.4 is 4.74 Å². The van der Waals surface area contributed by atoms with Crippen molar-refractivity contribution in [1.29, 1.82) is 0 Å². The van der Waals surface area contributed by atoms with Crippen LogP contribution >= 0.6 is 15.9 Å². The Hall–Kier alpha value is -2.68. The van der Waals surface area contributed by atoms with Crippen molar-refractivity contribution in [3.63, 3.8) is 0 Å². The number of ether oxygens (including phenoxy) is 2. The molecule has 0 aliphatic carbocycles. The lowest BCUT2D eigenvalue weighted by Gasteiger charge is -2.29. The molecule has 8 heteroatoms. The van der Waals surface area contributed by atoms with Gasteiger partial charge in [-0.05, 0) is 42.7 Å². The Morgan fingerprint density at radius 1 is 1.08 bits per heavy atom. The lowest BCUT2D eigenvalue weighted by Crippen LogP contribution is -2.38. The van der Waals surface area contributed by atoms with Gasteiger partial charge in [0, 0.05) is 36.2 Å². The number of carbonyl (C=O) groups excluding carboxylic acids is 2. The standard InChI is InChI=1S/C28H33BrN2O5/c1-2-3-15-36-23-10-5-8-21(19-23)26(32)24-25(20-7-4-9-22(29)18-20)31(28(34)27(24)33)12-6-11-30-13-16-35-17-14-30/h4-5,7-10,18-19,25,32H,2-3,6,11-17H2,1H3. The van der Waals surface area contributed by atoms with Crippen LogP contribution in [0, 0.1) is 0 Å².